The Morgan fingerprint density at radius 3 is 2.59 bits per heavy atom. The summed E-state index contributed by atoms with van der Waals surface area (Å²) < 4.78 is 16.0. The summed E-state index contributed by atoms with van der Waals surface area (Å²) in [6.07, 6.45) is 1.42. The first-order valence-corrected chi connectivity index (χ1v) is 8.40. The van der Waals surface area contributed by atoms with E-state index < -0.39 is 0 Å². The molecule has 1 amide bonds. The summed E-state index contributed by atoms with van der Waals surface area (Å²) in [6.45, 7) is 0. The van der Waals surface area contributed by atoms with E-state index in [-0.39, 0.29) is 5.91 Å². The van der Waals surface area contributed by atoms with Crippen molar-refractivity contribution in [3.05, 3.63) is 70.9 Å². The minimum absolute atomic E-state index is 0.384. The van der Waals surface area contributed by atoms with Crippen molar-refractivity contribution in [2.24, 2.45) is 5.10 Å². The van der Waals surface area contributed by atoms with Crippen LogP contribution in [-0.4, -0.2) is 26.3 Å². The monoisotopic (exact) mass is 384 g/mol. The molecule has 138 valence electrons. The molecule has 0 saturated heterocycles. The Kier molecular flexibility index (Phi) is 5.78. The molecule has 2 aromatic carbocycles. The molecule has 7 heteroatoms. The number of amides is 1. The molecule has 0 unspecified atom stereocenters. The van der Waals surface area contributed by atoms with Gasteiger partial charge < -0.3 is 13.9 Å². The molecule has 0 radical (unpaired) electrons. The molecule has 0 spiro atoms. The molecule has 3 aromatic rings. The van der Waals surface area contributed by atoms with E-state index in [1.54, 1.807) is 36.4 Å². The van der Waals surface area contributed by atoms with Crippen LogP contribution in [0.3, 0.4) is 0 Å². The van der Waals surface area contributed by atoms with E-state index >= 15 is 0 Å². The van der Waals surface area contributed by atoms with Crippen LogP contribution in [0.2, 0.25) is 5.02 Å². The quantitative estimate of drug-likeness (QED) is 0.505. The van der Waals surface area contributed by atoms with Crippen LogP contribution < -0.4 is 14.9 Å². The van der Waals surface area contributed by atoms with Gasteiger partial charge in [-0.15, -0.1) is 0 Å². The summed E-state index contributed by atoms with van der Waals surface area (Å²) in [5.41, 5.74) is 3.62. The average Bonchev–Trinajstić information content (AvgIpc) is 3.16. The first-order valence-electron chi connectivity index (χ1n) is 8.02. The Bertz CT molecular complexity index is 982. The molecule has 1 N–H and O–H groups in total. The average molecular weight is 385 g/mol. The second kappa shape index (κ2) is 8.42. The number of hydrogen-bond donors (Lipinski definition) is 1. The third-order valence-electron chi connectivity index (χ3n) is 3.77. The fourth-order valence-electron chi connectivity index (χ4n) is 2.42. The summed E-state index contributed by atoms with van der Waals surface area (Å²) >= 11 is 6.16. The van der Waals surface area contributed by atoms with E-state index in [0.717, 1.165) is 5.56 Å². The van der Waals surface area contributed by atoms with Crippen LogP contribution in [0.5, 0.6) is 11.5 Å². The number of ether oxygens (including phenoxy) is 2. The molecule has 6 nitrogen and oxygen atoms in total. The minimum Gasteiger partial charge on any atom is -0.493 e. The van der Waals surface area contributed by atoms with Gasteiger partial charge in [0.1, 0.15) is 11.5 Å². The van der Waals surface area contributed by atoms with Crippen molar-refractivity contribution in [1.82, 2.24) is 5.43 Å². The number of nitrogens with zero attached hydrogens (tertiary/aromatic N) is 1. The number of carbonyl (C=O) groups excluding carboxylic acids is 1. The van der Waals surface area contributed by atoms with Crippen LogP contribution >= 0.6 is 11.6 Å². The lowest BCUT2D eigenvalue weighted by Crippen LogP contribution is -2.17. The maximum atomic E-state index is 12.2. The standard InChI is InChI=1S/C20H17ClN2O4/c1-25-18-9-7-13(11-19(18)26-2)20(24)23-22-12-14-8-10-17(27-14)15-5-3-4-6-16(15)21/h3-12H,1-2H3,(H,23,24)/b22-12+. The predicted molar refractivity (Wildman–Crippen MR) is 104 cm³/mol. The summed E-state index contributed by atoms with van der Waals surface area (Å²) in [5, 5.41) is 4.52. The highest BCUT2D eigenvalue weighted by Crippen LogP contribution is 2.29. The number of hydrazone groups is 1. The third kappa shape index (κ3) is 4.30. The molecule has 0 aliphatic carbocycles. The number of hydrogen-bond acceptors (Lipinski definition) is 5. The van der Waals surface area contributed by atoms with Gasteiger partial charge in [0, 0.05) is 11.1 Å². The Morgan fingerprint density at radius 1 is 1.07 bits per heavy atom. The van der Waals surface area contributed by atoms with E-state index in [0.29, 0.717) is 33.6 Å². The largest absolute Gasteiger partial charge is 0.493 e. The van der Waals surface area contributed by atoms with Gasteiger partial charge in [0.2, 0.25) is 0 Å². The molecule has 0 atom stereocenters. The third-order valence-corrected chi connectivity index (χ3v) is 4.10. The molecule has 0 saturated carbocycles. The van der Waals surface area contributed by atoms with Gasteiger partial charge in [0.05, 0.1) is 25.5 Å². The topological polar surface area (TPSA) is 73.1 Å². The first-order chi connectivity index (χ1) is 13.1. The Labute approximate surface area is 161 Å². The molecular weight excluding hydrogens is 368 g/mol. The number of furan rings is 1. The number of nitrogens with one attached hydrogen (secondary N) is 1. The van der Waals surface area contributed by atoms with Crippen molar-refractivity contribution >= 4 is 23.7 Å². The zero-order chi connectivity index (χ0) is 19.2. The van der Waals surface area contributed by atoms with Gasteiger partial charge in [-0.3, -0.25) is 4.79 Å². The van der Waals surface area contributed by atoms with Crippen molar-refractivity contribution in [2.45, 2.75) is 0 Å². The Balaban J connectivity index is 1.67. The lowest BCUT2D eigenvalue weighted by Gasteiger charge is -2.08. The predicted octanol–water partition coefficient (Wildman–Crippen LogP) is 4.38. The zero-order valence-corrected chi connectivity index (χ0v) is 15.5. The molecule has 27 heavy (non-hydrogen) atoms. The fraction of sp³-hybridized carbons (Fsp3) is 0.100. The molecule has 3 rings (SSSR count). The molecule has 0 aliphatic heterocycles. The lowest BCUT2D eigenvalue weighted by molar-refractivity contribution is 0.0954. The molecule has 0 aliphatic rings. The van der Waals surface area contributed by atoms with E-state index in [9.17, 15) is 4.79 Å². The summed E-state index contributed by atoms with van der Waals surface area (Å²) in [7, 11) is 3.04. The zero-order valence-electron chi connectivity index (χ0n) is 14.7. The summed E-state index contributed by atoms with van der Waals surface area (Å²) in [4.78, 5) is 12.2. The number of halogens is 1. The summed E-state index contributed by atoms with van der Waals surface area (Å²) in [5.74, 6) is 1.72. The minimum atomic E-state index is -0.384. The lowest BCUT2D eigenvalue weighted by atomic mass is 10.2. The van der Waals surface area contributed by atoms with Crippen molar-refractivity contribution in [3.8, 4) is 22.8 Å². The van der Waals surface area contributed by atoms with Gasteiger partial charge in [-0.1, -0.05) is 23.7 Å². The highest BCUT2D eigenvalue weighted by atomic mass is 35.5. The van der Waals surface area contributed by atoms with Gasteiger partial charge in [0.25, 0.3) is 5.91 Å². The number of carbonyl (C=O) groups is 1. The van der Waals surface area contributed by atoms with E-state index in [4.69, 9.17) is 25.5 Å². The van der Waals surface area contributed by atoms with Crippen molar-refractivity contribution in [1.29, 1.82) is 0 Å². The normalized spacial score (nSPS) is 10.8. The fourth-order valence-corrected chi connectivity index (χ4v) is 2.65. The number of rotatable bonds is 6. The van der Waals surface area contributed by atoms with Gasteiger partial charge in [-0.25, -0.2) is 5.43 Å². The maximum absolute atomic E-state index is 12.2. The molecule has 0 fully saturated rings. The van der Waals surface area contributed by atoms with Gasteiger partial charge >= 0.3 is 0 Å². The highest BCUT2D eigenvalue weighted by molar-refractivity contribution is 6.33. The van der Waals surface area contributed by atoms with Crippen molar-refractivity contribution in [2.75, 3.05) is 14.2 Å². The molecule has 1 heterocycles. The SMILES string of the molecule is COc1ccc(C(=O)N/N=C/c2ccc(-c3ccccc3Cl)o2)cc1OC. The van der Waals surface area contributed by atoms with E-state index in [1.165, 1.54) is 20.4 Å². The smallest absolute Gasteiger partial charge is 0.271 e. The van der Waals surface area contributed by atoms with Crippen LogP contribution in [-0.2, 0) is 0 Å². The van der Waals surface area contributed by atoms with Crippen molar-refractivity contribution < 1.29 is 18.7 Å². The van der Waals surface area contributed by atoms with E-state index in [1.807, 2.05) is 18.2 Å². The van der Waals surface area contributed by atoms with Gasteiger partial charge in [-0.05, 0) is 42.5 Å². The summed E-state index contributed by atoms with van der Waals surface area (Å²) in [6, 6.07) is 15.8. The second-order valence-electron chi connectivity index (χ2n) is 5.45. The number of methoxy groups -OCH3 is 2. The Morgan fingerprint density at radius 2 is 1.85 bits per heavy atom. The van der Waals surface area contributed by atoms with Crippen LogP contribution in [0.4, 0.5) is 0 Å². The number of benzene rings is 2. The molecule has 0 bridgehead atoms. The van der Waals surface area contributed by atoms with E-state index in [2.05, 4.69) is 10.5 Å². The first kappa shape index (κ1) is 18.5. The van der Waals surface area contributed by atoms with Gasteiger partial charge in [-0.2, -0.15) is 5.10 Å². The van der Waals surface area contributed by atoms with Crippen LogP contribution in [0.15, 0.2) is 64.1 Å². The maximum Gasteiger partial charge on any atom is 0.271 e. The Hall–Kier alpha value is -3.25. The van der Waals surface area contributed by atoms with Crippen molar-refractivity contribution in [3.63, 3.8) is 0 Å². The van der Waals surface area contributed by atoms with Crippen LogP contribution in [0.25, 0.3) is 11.3 Å². The van der Waals surface area contributed by atoms with Crippen LogP contribution in [0, 0.1) is 0 Å². The van der Waals surface area contributed by atoms with Crippen LogP contribution in [0.1, 0.15) is 16.1 Å². The highest BCUT2D eigenvalue weighted by Gasteiger charge is 2.10. The molecule has 1 aromatic heterocycles. The second-order valence-corrected chi connectivity index (χ2v) is 5.86. The van der Waals surface area contributed by atoms with Gasteiger partial charge in [0.15, 0.2) is 11.5 Å². The molecular formula is C20H17ClN2O4.